The lowest BCUT2D eigenvalue weighted by atomic mass is 9.99. The number of carbonyl (C=O) groups excluding carboxylic acids is 2. The molecule has 0 saturated carbocycles. The lowest BCUT2D eigenvalue weighted by Gasteiger charge is -2.37. The molecule has 0 spiro atoms. The molecule has 3 heterocycles. The maximum Gasteiger partial charge on any atom is 0.411 e. The Morgan fingerprint density at radius 2 is 1.67 bits per heavy atom. The highest BCUT2D eigenvalue weighted by atomic mass is 35.5. The first kappa shape index (κ1) is 35.4. The lowest BCUT2D eigenvalue weighted by molar-refractivity contribution is -0.116. The smallest absolute Gasteiger partial charge is 0.411 e. The molecule has 3 aliphatic heterocycles. The zero-order valence-electron chi connectivity index (χ0n) is 29.5. The van der Waals surface area contributed by atoms with E-state index in [0.717, 1.165) is 35.1 Å². The highest BCUT2D eigenvalue weighted by molar-refractivity contribution is 6.74. The normalized spacial score (nSPS) is 23.1. The number of rotatable bonds is 11. The van der Waals surface area contributed by atoms with Crippen LogP contribution in [0, 0.1) is 0 Å². The molecular weight excluding hydrogens is 658 g/mol. The Hall–Kier alpha value is -3.41. The zero-order chi connectivity index (χ0) is 35.1. The molecule has 262 valence electrons. The van der Waals surface area contributed by atoms with Crippen molar-refractivity contribution >= 4 is 43.3 Å². The van der Waals surface area contributed by atoms with Gasteiger partial charge >= 0.3 is 6.09 Å². The van der Waals surface area contributed by atoms with Crippen LogP contribution in [0.4, 0.5) is 16.2 Å². The molecule has 11 heteroatoms. The molecule has 0 unspecified atom stereocenters. The van der Waals surface area contributed by atoms with Crippen molar-refractivity contribution in [3.63, 3.8) is 0 Å². The molecule has 3 aromatic rings. The summed E-state index contributed by atoms with van der Waals surface area (Å²) in [5.74, 6) is 0.421. The van der Waals surface area contributed by atoms with E-state index in [1.165, 1.54) is 0 Å². The van der Waals surface area contributed by atoms with Gasteiger partial charge in [-0.25, -0.2) is 4.79 Å². The van der Waals surface area contributed by atoms with Gasteiger partial charge < -0.3 is 24.0 Å². The molecule has 49 heavy (non-hydrogen) atoms. The molecule has 3 saturated heterocycles. The number of piperidine rings is 1. The van der Waals surface area contributed by atoms with Gasteiger partial charge in [0.15, 0.2) is 8.32 Å². The Morgan fingerprint density at radius 3 is 2.33 bits per heavy atom. The Labute approximate surface area is 295 Å². The molecule has 2 amide bonds. The van der Waals surface area contributed by atoms with Gasteiger partial charge in [-0.2, -0.15) is 0 Å². The maximum atomic E-state index is 13.2. The van der Waals surface area contributed by atoms with Gasteiger partial charge in [0.2, 0.25) is 5.91 Å². The minimum Gasteiger partial charge on any atom is -0.496 e. The molecule has 0 radical (unpaired) electrons. The van der Waals surface area contributed by atoms with Crippen LogP contribution in [0.3, 0.4) is 0 Å². The number of hydrogen-bond acceptors (Lipinski definition) is 7. The molecule has 3 fully saturated rings. The van der Waals surface area contributed by atoms with Crippen LogP contribution in [0.15, 0.2) is 60.7 Å². The Morgan fingerprint density at radius 1 is 0.980 bits per heavy atom. The van der Waals surface area contributed by atoms with Crippen LogP contribution in [0.5, 0.6) is 5.75 Å². The summed E-state index contributed by atoms with van der Waals surface area (Å²) < 4.78 is 23.8. The third-order valence-corrected chi connectivity index (χ3v) is 15.5. The standard InChI is InChI=1S/C38H48ClN3O6Si/c1-38(2,3)49(6,7)46-22-25-18-28(39)30(21-33(25)45-5)40-34(43)16-14-23-13-15-27(24-11-9-8-10-12-24)29(17-23)41-37(44)47-26-19-31-35-36(48-35)32(20-26)42(31)4/h8-13,15,17-18,21,26,31-32,35-36H,14,16,19-20,22H2,1-7H3,(H,40,43)(H,41,44)/t26-,31-,32+,35-,36+. The number of methoxy groups -OCH3 is 1. The van der Waals surface area contributed by atoms with Gasteiger partial charge in [0.05, 0.1) is 30.1 Å². The van der Waals surface area contributed by atoms with Crippen molar-refractivity contribution in [1.82, 2.24) is 4.90 Å². The molecule has 5 atom stereocenters. The van der Waals surface area contributed by atoms with Gasteiger partial charge in [0.25, 0.3) is 0 Å². The number of carbonyl (C=O) groups is 2. The Bertz CT molecular complexity index is 1680. The molecule has 3 aliphatic rings. The van der Waals surface area contributed by atoms with Crippen LogP contribution < -0.4 is 15.4 Å². The summed E-state index contributed by atoms with van der Waals surface area (Å²) in [6.07, 6.45) is 2.13. The molecule has 3 aromatic carbocycles. The van der Waals surface area contributed by atoms with Crippen LogP contribution in [-0.4, -0.2) is 69.8 Å². The van der Waals surface area contributed by atoms with Crippen molar-refractivity contribution < 1.29 is 28.2 Å². The van der Waals surface area contributed by atoms with Crippen LogP contribution in [0.2, 0.25) is 23.2 Å². The SMILES string of the molecule is COc1cc(NC(=O)CCc2ccc(-c3ccccc3)c(NC(=O)O[C@@H]3C[C@@H]4[C@H]5O[C@H]5[C@H](C3)N4C)c2)c(Cl)cc1CO[Si](C)(C)C(C)(C)C. The van der Waals surface area contributed by atoms with E-state index >= 15 is 0 Å². The van der Waals surface area contributed by atoms with Gasteiger partial charge in [-0.15, -0.1) is 0 Å². The van der Waals surface area contributed by atoms with Gasteiger partial charge in [-0.05, 0) is 54.9 Å². The fourth-order valence-electron chi connectivity index (χ4n) is 6.75. The van der Waals surface area contributed by atoms with E-state index < -0.39 is 14.4 Å². The minimum absolute atomic E-state index is 0.0720. The number of epoxide rings is 1. The van der Waals surface area contributed by atoms with Crippen molar-refractivity contribution in [3.8, 4) is 16.9 Å². The molecule has 2 N–H and O–H groups in total. The number of ether oxygens (including phenoxy) is 3. The van der Waals surface area contributed by atoms with Gasteiger partial charge in [-0.3, -0.25) is 15.0 Å². The average Bonchev–Trinajstić information content (AvgIpc) is 3.82. The number of nitrogens with zero attached hydrogens (tertiary/aromatic N) is 1. The number of morpholine rings is 1. The number of amides is 2. The second-order valence-electron chi connectivity index (χ2n) is 15.0. The summed E-state index contributed by atoms with van der Waals surface area (Å²) in [7, 11) is 1.75. The van der Waals surface area contributed by atoms with Gasteiger partial charge in [0, 0.05) is 48.5 Å². The third kappa shape index (κ3) is 7.84. The van der Waals surface area contributed by atoms with E-state index in [1.54, 1.807) is 19.2 Å². The first-order chi connectivity index (χ1) is 23.2. The van der Waals surface area contributed by atoms with Gasteiger partial charge in [0.1, 0.15) is 24.1 Å². The number of nitrogens with one attached hydrogen (secondary N) is 2. The number of likely N-dealkylation sites (N-methyl/N-ethyl adjacent to an activating group) is 1. The zero-order valence-corrected chi connectivity index (χ0v) is 31.2. The number of hydrogen-bond donors (Lipinski definition) is 2. The number of anilines is 2. The van der Waals surface area contributed by atoms with E-state index in [9.17, 15) is 9.59 Å². The third-order valence-electron chi connectivity index (χ3n) is 10.7. The number of benzene rings is 3. The largest absolute Gasteiger partial charge is 0.496 e. The minimum atomic E-state index is -1.98. The quantitative estimate of drug-likeness (QED) is 0.153. The fourth-order valence-corrected chi connectivity index (χ4v) is 7.93. The van der Waals surface area contributed by atoms with Crippen molar-refractivity contribution in [2.24, 2.45) is 0 Å². The van der Waals surface area contributed by atoms with E-state index in [1.807, 2.05) is 48.5 Å². The van der Waals surface area contributed by atoms with Crippen molar-refractivity contribution in [2.45, 2.75) is 102 Å². The summed E-state index contributed by atoms with van der Waals surface area (Å²) in [5, 5.41) is 6.45. The monoisotopic (exact) mass is 705 g/mol. The van der Waals surface area contributed by atoms with E-state index in [-0.39, 0.29) is 35.7 Å². The van der Waals surface area contributed by atoms with Crippen LogP contribution in [-0.2, 0) is 31.7 Å². The second kappa shape index (κ2) is 14.1. The highest BCUT2D eigenvalue weighted by Crippen LogP contribution is 2.48. The van der Waals surface area contributed by atoms with Crippen LogP contribution in [0.25, 0.3) is 11.1 Å². The molecule has 0 aromatic heterocycles. The first-order valence-corrected chi connectivity index (χ1v) is 20.4. The Kier molecular flexibility index (Phi) is 10.2. The first-order valence-electron chi connectivity index (χ1n) is 17.1. The molecule has 6 rings (SSSR count). The summed E-state index contributed by atoms with van der Waals surface area (Å²) in [6.45, 7) is 11.4. The molecular formula is C38H48ClN3O6Si. The summed E-state index contributed by atoms with van der Waals surface area (Å²) in [6, 6.07) is 19.9. The number of aryl methyl sites for hydroxylation is 1. The van der Waals surface area contributed by atoms with Crippen molar-refractivity contribution in [3.05, 3.63) is 76.8 Å². The van der Waals surface area contributed by atoms with Crippen molar-refractivity contribution in [2.75, 3.05) is 24.8 Å². The molecule has 0 aliphatic carbocycles. The van der Waals surface area contributed by atoms with Gasteiger partial charge in [-0.1, -0.05) is 74.8 Å². The predicted octanol–water partition coefficient (Wildman–Crippen LogP) is 8.27. The average molecular weight is 706 g/mol. The molecule has 2 bridgehead atoms. The van der Waals surface area contributed by atoms with E-state index in [2.05, 4.69) is 56.4 Å². The van der Waals surface area contributed by atoms with Crippen LogP contribution >= 0.6 is 11.6 Å². The second-order valence-corrected chi connectivity index (χ2v) is 20.2. The summed E-state index contributed by atoms with van der Waals surface area (Å²) >= 11 is 6.63. The van der Waals surface area contributed by atoms with E-state index in [0.29, 0.717) is 47.3 Å². The predicted molar refractivity (Wildman–Crippen MR) is 196 cm³/mol. The Balaban J connectivity index is 1.10. The maximum absolute atomic E-state index is 13.2. The topological polar surface area (TPSA) is 102 Å². The number of halogens is 1. The van der Waals surface area contributed by atoms with Crippen molar-refractivity contribution in [1.29, 1.82) is 0 Å². The highest BCUT2D eigenvalue weighted by Gasteiger charge is 2.62. The van der Waals surface area contributed by atoms with Crippen LogP contribution in [0.1, 0.15) is 51.2 Å². The number of fused-ring (bicyclic) bond motifs is 5. The lowest BCUT2D eigenvalue weighted by Crippen LogP contribution is -2.48. The summed E-state index contributed by atoms with van der Waals surface area (Å²) in [4.78, 5) is 28.7. The fraction of sp³-hybridized carbons (Fsp3) is 0.474. The summed E-state index contributed by atoms with van der Waals surface area (Å²) in [5.41, 5.74) is 4.70. The molecule has 9 nitrogen and oxygen atoms in total. The van der Waals surface area contributed by atoms with E-state index in [4.69, 9.17) is 30.2 Å².